The van der Waals surface area contributed by atoms with Crippen molar-refractivity contribution in [1.29, 1.82) is 0 Å². The average molecular weight is 319 g/mol. The average Bonchev–Trinajstić information content (AvgIpc) is 2.93. The van der Waals surface area contributed by atoms with Gasteiger partial charge in [-0.2, -0.15) is 46.5 Å². The first-order valence-electron chi connectivity index (χ1n) is 5.35. The van der Waals surface area contributed by atoms with Crippen molar-refractivity contribution in [2.45, 2.75) is 27.7 Å². The van der Waals surface area contributed by atoms with Crippen molar-refractivity contribution in [3.63, 3.8) is 0 Å². The zero-order valence-corrected chi connectivity index (χ0v) is 14.5. The molecule has 3 heteroatoms. The smallest absolute Gasteiger partial charge is 0.172 e. The van der Waals surface area contributed by atoms with E-state index in [4.69, 9.17) is 0 Å². The summed E-state index contributed by atoms with van der Waals surface area (Å²) in [6.45, 7) is 8.68. The maximum absolute atomic E-state index is 3.25. The molecule has 18 heavy (non-hydrogen) atoms. The van der Waals surface area contributed by atoms with Crippen LogP contribution in [0.5, 0.6) is 0 Å². The van der Waals surface area contributed by atoms with E-state index in [0.717, 1.165) is 0 Å². The Morgan fingerprint density at radius 2 is 1.50 bits per heavy atom. The van der Waals surface area contributed by atoms with E-state index in [-0.39, 0.29) is 24.8 Å². The SMILES string of the molecule is Cc1c[c-](C)c(C)c1C.[CH2]=[Ti+2].[Cl-].[Cl-].c1cc[cH-]c1. The van der Waals surface area contributed by atoms with Crippen LogP contribution in [0.2, 0.25) is 0 Å². The van der Waals surface area contributed by atoms with Crippen LogP contribution in [0, 0.1) is 27.7 Å². The fourth-order valence-corrected chi connectivity index (χ4v) is 1.45. The van der Waals surface area contributed by atoms with Gasteiger partial charge in [0.15, 0.2) is 0 Å². The van der Waals surface area contributed by atoms with E-state index in [9.17, 15) is 0 Å². The van der Waals surface area contributed by atoms with Gasteiger partial charge in [0.1, 0.15) is 0 Å². The van der Waals surface area contributed by atoms with Crippen LogP contribution in [0.1, 0.15) is 22.3 Å². The van der Waals surface area contributed by atoms with Crippen LogP contribution in [0.15, 0.2) is 36.4 Å². The van der Waals surface area contributed by atoms with Crippen LogP contribution < -0.4 is 24.8 Å². The largest absolute Gasteiger partial charge is 1.00 e. The zero-order chi connectivity index (χ0) is 12.6. The van der Waals surface area contributed by atoms with Crippen LogP contribution in [-0.4, -0.2) is 4.82 Å². The molecule has 0 unspecified atom stereocenters. The predicted octanol–water partition coefficient (Wildman–Crippen LogP) is -1.98. The van der Waals surface area contributed by atoms with Crippen LogP contribution in [0.25, 0.3) is 0 Å². The van der Waals surface area contributed by atoms with Gasteiger partial charge in [-0.15, -0.1) is 0 Å². The van der Waals surface area contributed by atoms with Gasteiger partial charge in [-0.05, 0) is 0 Å². The molecule has 0 saturated carbocycles. The number of aryl methyl sites for hydroxylation is 2. The molecule has 0 atom stereocenters. The third-order valence-corrected chi connectivity index (χ3v) is 2.73. The van der Waals surface area contributed by atoms with Crippen molar-refractivity contribution in [2.24, 2.45) is 0 Å². The van der Waals surface area contributed by atoms with Gasteiger partial charge in [0.2, 0.25) is 0 Å². The fraction of sp³-hybridized carbons (Fsp3) is 0.267. The molecule has 0 fully saturated rings. The molecule has 0 aliphatic rings. The molecule has 0 nitrogen and oxygen atoms in total. The van der Waals surface area contributed by atoms with E-state index in [1.165, 1.54) is 22.3 Å². The Morgan fingerprint density at radius 1 is 1.06 bits per heavy atom. The summed E-state index contributed by atoms with van der Waals surface area (Å²) in [5, 5.41) is 0. The van der Waals surface area contributed by atoms with E-state index in [0.29, 0.717) is 0 Å². The maximum Gasteiger partial charge on any atom is -0.172 e. The molecule has 0 amide bonds. The molecule has 0 spiro atoms. The topological polar surface area (TPSA) is 0 Å². The molecule has 0 bridgehead atoms. The van der Waals surface area contributed by atoms with E-state index in [1.54, 1.807) is 20.0 Å². The molecular formula is C15H20Cl2Ti-2. The quantitative estimate of drug-likeness (QED) is 0.390. The van der Waals surface area contributed by atoms with Gasteiger partial charge in [-0.1, -0.05) is 27.7 Å². The molecule has 0 saturated heterocycles. The zero-order valence-electron chi connectivity index (χ0n) is 11.4. The summed E-state index contributed by atoms with van der Waals surface area (Å²) in [5.41, 5.74) is 5.75. The second-order valence-electron chi connectivity index (χ2n) is 3.72. The molecular weight excluding hydrogens is 299 g/mol. The third-order valence-electron chi connectivity index (χ3n) is 2.73. The second-order valence-corrected chi connectivity index (χ2v) is 3.72. The fourth-order valence-electron chi connectivity index (χ4n) is 1.45. The van der Waals surface area contributed by atoms with Crippen molar-refractivity contribution < 1.29 is 44.8 Å². The summed E-state index contributed by atoms with van der Waals surface area (Å²) >= 11 is 1.75. The van der Waals surface area contributed by atoms with Gasteiger partial charge >= 0.3 is 24.8 Å². The predicted molar refractivity (Wildman–Crippen MR) is 70.1 cm³/mol. The van der Waals surface area contributed by atoms with Gasteiger partial charge in [0, 0.05) is 0 Å². The third kappa shape index (κ3) is 8.05. The summed E-state index contributed by atoms with van der Waals surface area (Å²) in [6, 6.07) is 12.2. The summed E-state index contributed by atoms with van der Waals surface area (Å²) in [7, 11) is 0. The first-order valence-corrected chi connectivity index (χ1v) is 6.45. The normalized spacial score (nSPS) is 7.67. The van der Waals surface area contributed by atoms with Crippen molar-refractivity contribution >= 4 is 4.82 Å². The molecule has 0 radical (unpaired) electrons. The molecule has 100 valence electrons. The molecule has 0 aliphatic carbocycles. The van der Waals surface area contributed by atoms with E-state index >= 15 is 0 Å². The van der Waals surface area contributed by atoms with Crippen molar-refractivity contribution in [3.05, 3.63) is 58.7 Å². The molecule has 2 aromatic carbocycles. The minimum absolute atomic E-state index is 0. The van der Waals surface area contributed by atoms with Gasteiger partial charge in [0.05, 0.1) is 0 Å². The second kappa shape index (κ2) is 13.3. The Balaban J connectivity index is -0.000000217. The van der Waals surface area contributed by atoms with Gasteiger partial charge in [-0.3, -0.25) is 0 Å². The molecule has 2 aromatic rings. The summed E-state index contributed by atoms with van der Waals surface area (Å²) in [6.07, 6.45) is 0. The number of hydrogen-bond acceptors (Lipinski definition) is 0. The Morgan fingerprint density at radius 3 is 1.61 bits per heavy atom. The van der Waals surface area contributed by atoms with Gasteiger partial charge < -0.3 is 24.8 Å². The minimum Gasteiger partial charge on any atom is -1.00 e. The van der Waals surface area contributed by atoms with Gasteiger partial charge in [-0.25, -0.2) is 12.1 Å². The number of halogens is 2. The number of rotatable bonds is 0. The molecule has 0 N–H and O–H groups in total. The maximum atomic E-state index is 3.25. The molecule has 0 aliphatic heterocycles. The molecule has 2 rings (SSSR count). The van der Waals surface area contributed by atoms with Crippen LogP contribution in [0.3, 0.4) is 0 Å². The first-order chi connectivity index (χ1) is 7.63. The van der Waals surface area contributed by atoms with Crippen LogP contribution >= 0.6 is 0 Å². The van der Waals surface area contributed by atoms with E-state index in [1.807, 2.05) is 30.3 Å². The van der Waals surface area contributed by atoms with Crippen molar-refractivity contribution in [2.75, 3.05) is 0 Å². The summed E-state index contributed by atoms with van der Waals surface area (Å²) in [4.78, 5) is 3.25. The van der Waals surface area contributed by atoms with Crippen LogP contribution in [0.4, 0.5) is 0 Å². The molecule has 0 aromatic heterocycles. The Bertz CT molecular complexity index is 349. The van der Waals surface area contributed by atoms with Gasteiger partial charge in [0.25, 0.3) is 0 Å². The van der Waals surface area contributed by atoms with Crippen molar-refractivity contribution in [3.8, 4) is 0 Å². The standard InChI is InChI=1S/C9H13.C5H5.CH2.2ClH.Ti/c1-6-5-7(2)9(4)8(6)3;1-2-4-5-3-1;;;;/h5H,1-4H3;1-5H;1H2;2*1H;/q2*-1;;;;+2/p-2. The van der Waals surface area contributed by atoms with Crippen molar-refractivity contribution in [1.82, 2.24) is 0 Å². The first kappa shape index (κ1) is 23.0. The van der Waals surface area contributed by atoms with Crippen LogP contribution in [-0.2, 0) is 20.0 Å². The van der Waals surface area contributed by atoms with E-state index in [2.05, 4.69) is 38.6 Å². The number of hydrogen-bond donors (Lipinski definition) is 0. The summed E-state index contributed by atoms with van der Waals surface area (Å²) in [5.74, 6) is 0. The monoisotopic (exact) mass is 318 g/mol. The minimum atomic E-state index is 0. The Kier molecular flexibility index (Phi) is 17.0. The Labute approximate surface area is 135 Å². The molecule has 0 heterocycles. The van der Waals surface area contributed by atoms with E-state index < -0.39 is 0 Å². The Hall–Kier alpha value is -0.136. The summed E-state index contributed by atoms with van der Waals surface area (Å²) < 4.78 is 0.